The number of hydrogen-bond acceptors (Lipinski definition) is 5. The molecular formula is C20H20BrN3O4. The number of rotatable bonds is 6. The summed E-state index contributed by atoms with van der Waals surface area (Å²) in [6.07, 6.45) is 1.31. The minimum atomic E-state index is -0.866. The maximum atomic E-state index is 12.6. The number of amides is 2. The van der Waals surface area contributed by atoms with E-state index in [1.165, 1.54) is 6.21 Å². The van der Waals surface area contributed by atoms with Crippen LogP contribution in [0.1, 0.15) is 24.0 Å². The topological polar surface area (TPSA) is 100 Å². The molecule has 0 aromatic heterocycles. The quantitative estimate of drug-likeness (QED) is 0.361. The Labute approximate surface area is 170 Å². The highest BCUT2D eigenvalue weighted by atomic mass is 79.9. The zero-order chi connectivity index (χ0) is 20.1. The molecule has 2 unspecified atom stereocenters. The van der Waals surface area contributed by atoms with Crippen LogP contribution in [-0.4, -0.2) is 36.3 Å². The fraction of sp³-hybridized carbons (Fsp3) is 0.250. The maximum absolute atomic E-state index is 12.6. The van der Waals surface area contributed by atoms with Gasteiger partial charge in [0.1, 0.15) is 5.92 Å². The van der Waals surface area contributed by atoms with Crippen molar-refractivity contribution in [3.63, 3.8) is 0 Å². The number of carbonyl (C=O) groups is 2. The average Bonchev–Trinajstić information content (AvgIpc) is 3.07. The average molecular weight is 446 g/mol. The molecule has 0 spiro atoms. The van der Waals surface area contributed by atoms with Gasteiger partial charge in [0.2, 0.25) is 5.91 Å². The van der Waals surface area contributed by atoms with Crippen LogP contribution < -0.4 is 15.5 Å². The number of ether oxygens (including phenoxy) is 1. The van der Waals surface area contributed by atoms with Gasteiger partial charge in [0.15, 0.2) is 11.5 Å². The number of aromatic hydroxyl groups is 1. The molecule has 28 heavy (non-hydrogen) atoms. The van der Waals surface area contributed by atoms with Gasteiger partial charge in [-0.1, -0.05) is 46.3 Å². The van der Waals surface area contributed by atoms with Crippen LogP contribution in [-0.2, 0) is 9.59 Å². The largest absolute Gasteiger partial charge is 0.504 e. The Morgan fingerprint density at radius 1 is 1.39 bits per heavy atom. The Balaban J connectivity index is 1.73. The number of hydrogen-bond donors (Lipinski definition) is 3. The van der Waals surface area contributed by atoms with Crippen molar-refractivity contribution in [3.05, 3.63) is 58.1 Å². The van der Waals surface area contributed by atoms with Gasteiger partial charge < -0.3 is 15.2 Å². The van der Waals surface area contributed by atoms with Gasteiger partial charge in [-0.2, -0.15) is 5.10 Å². The van der Waals surface area contributed by atoms with Crippen LogP contribution in [0, 0.1) is 5.92 Å². The van der Waals surface area contributed by atoms with Gasteiger partial charge >= 0.3 is 0 Å². The van der Waals surface area contributed by atoms with Crippen molar-refractivity contribution in [2.24, 2.45) is 11.0 Å². The molecule has 0 aliphatic carbocycles. The summed E-state index contributed by atoms with van der Waals surface area (Å²) >= 11 is 3.34. The van der Waals surface area contributed by atoms with Crippen molar-refractivity contribution in [3.8, 4) is 11.5 Å². The van der Waals surface area contributed by atoms with E-state index in [4.69, 9.17) is 4.74 Å². The maximum Gasteiger partial charge on any atom is 0.253 e. The number of halogens is 1. The minimum absolute atomic E-state index is 0.0798. The number of nitrogens with zero attached hydrogens (tertiary/aromatic N) is 1. The summed E-state index contributed by atoms with van der Waals surface area (Å²) in [6, 6.07) is 12.7. The summed E-state index contributed by atoms with van der Waals surface area (Å²) in [5, 5.41) is 16.9. The number of benzene rings is 2. The van der Waals surface area contributed by atoms with Crippen molar-refractivity contribution < 1.29 is 19.4 Å². The van der Waals surface area contributed by atoms with E-state index in [2.05, 4.69) is 31.8 Å². The molecule has 0 saturated carbocycles. The first-order valence-corrected chi connectivity index (χ1v) is 9.61. The second-order valence-electron chi connectivity index (χ2n) is 6.25. The van der Waals surface area contributed by atoms with Crippen molar-refractivity contribution in [2.45, 2.75) is 12.8 Å². The highest BCUT2D eigenvalue weighted by Gasteiger charge is 2.40. The van der Waals surface area contributed by atoms with Crippen LogP contribution in [0.25, 0.3) is 0 Å². The molecule has 2 aromatic rings. The van der Waals surface area contributed by atoms with Crippen LogP contribution >= 0.6 is 15.9 Å². The molecule has 1 aliphatic heterocycles. The van der Waals surface area contributed by atoms with Gasteiger partial charge in [0.05, 0.1) is 12.8 Å². The monoisotopic (exact) mass is 445 g/mol. The molecule has 2 amide bonds. The predicted octanol–water partition coefficient (Wildman–Crippen LogP) is 2.53. The molecule has 2 aromatic carbocycles. The molecule has 2 atom stereocenters. The zero-order valence-corrected chi connectivity index (χ0v) is 16.8. The Bertz CT molecular complexity index is 902. The molecular weight excluding hydrogens is 426 g/mol. The lowest BCUT2D eigenvalue weighted by Crippen LogP contribution is -2.34. The minimum Gasteiger partial charge on any atom is -0.504 e. The molecule has 7 nitrogen and oxygen atoms in total. The van der Waals surface area contributed by atoms with Gasteiger partial charge in [-0.3, -0.25) is 9.59 Å². The van der Waals surface area contributed by atoms with Gasteiger partial charge in [-0.15, -0.1) is 0 Å². The zero-order valence-electron chi connectivity index (χ0n) is 15.2. The van der Waals surface area contributed by atoms with Crippen molar-refractivity contribution in [2.75, 3.05) is 13.2 Å². The third kappa shape index (κ3) is 4.33. The predicted molar refractivity (Wildman–Crippen MR) is 108 cm³/mol. The Morgan fingerprint density at radius 3 is 2.86 bits per heavy atom. The first kappa shape index (κ1) is 19.9. The smallest absolute Gasteiger partial charge is 0.253 e. The van der Waals surface area contributed by atoms with E-state index >= 15 is 0 Å². The molecule has 1 fully saturated rings. The number of carbonyl (C=O) groups excluding carboxylic acids is 2. The van der Waals surface area contributed by atoms with Crippen molar-refractivity contribution >= 4 is 34.0 Å². The first-order valence-electron chi connectivity index (χ1n) is 8.82. The lowest BCUT2D eigenvalue weighted by atomic mass is 9.88. The Morgan fingerprint density at radius 2 is 2.14 bits per heavy atom. The van der Waals surface area contributed by atoms with Gasteiger partial charge in [0.25, 0.3) is 5.91 Å². The first-order chi connectivity index (χ1) is 13.5. The van der Waals surface area contributed by atoms with Gasteiger partial charge in [-0.05, 0) is 24.6 Å². The van der Waals surface area contributed by atoms with Crippen LogP contribution in [0.5, 0.6) is 11.5 Å². The second-order valence-corrected chi connectivity index (χ2v) is 7.16. The number of phenols is 1. The van der Waals surface area contributed by atoms with Crippen LogP contribution in [0.2, 0.25) is 0 Å². The summed E-state index contributed by atoms with van der Waals surface area (Å²) in [6.45, 7) is 2.61. The normalized spacial score (nSPS) is 18.9. The lowest BCUT2D eigenvalue weighted by molar-refractivity contribution is -0.133. The molecule has 146 valence electrons. The second kappa shape index (κ2) is 8.88. The molecule has 3 rings (SSSR count). The standard InChI is InChI=1S/C20H20BrN3O4/c1-2-28-16-9-14(21)8-13(18(16)25)10-23-24-20(27)17-15(11-22-19(17)26)12-6-4-3-5-7-12/h3-10,15,17,25H,2,11H2,1H3,(H,22,26)(H,24,27)/b23-10+. The SMILES string of the molecule is CCOc1cc(Br)cc(/C=N/NC(=O)C2C(=O)NCC2c2ccccc2)c1O. The fourth-order valence-corrected chi connectivity index (χ4v) is 3.58. The van der Waals surface area contributed by atoms with Crippen LogP contribution in [0.3, 0.4) is 0 Å². The Hall–Kier alpha value is -2.87. The van der Waals surface area contributed by atoms with Crippen LogP contribution in [0.4, 0.5) is 0 Å². The Kier molecular flexibility index (Phi) is 6.30. The third-order valence-corrected chi connectivity index (χ3v) is 4.90. The van der Waals surface area contributed by atoms with Crippen LogP contribution in [0.15, 0.2) is 52.0 Å². The number of hydrazone groups is 1. The van der Waals surface area contributed by atoms with Crippen molar-refractivity contribution in [1.82, 2.24) is 10.7 Å². The summed E-state index contributed by atoms with van der Waals surface area (Å²) in [5.41, 5.74) is 3.69. The third-order valence-electron chi connectivity index (χ3n) is 4.44. The summed E-state index contributed by atoms with van der Waals surface area (Å²) in [4.78, 5) is 24.7. The highest BCUT2D eigenvalue weighted by molar-refractivity contribution is 9.10. The van der Waals surface area contributed by atoms with E-state index in [1.54, 1.807) is 12.1 Å². The van der Waals surface area contributed by atoms with E-state index < -0.39 is 11.8 Å². The van der Waals surface area contributed by atoms with E-state index in [0.29, 0.717) is 28.9 Å². The lowest BCUT2D eigenvalue weighted by Gasteiger charge is -2.15. The molecule has 0 bridgehead atoms. The van der Waals surface area contributed by atoms with E-state index in [-0.39, 0.29) is 17.6 Å². The number of nitrogens with one attached hydrogen (secondary N) is 2. The highest BCUT2D eigenvalue weighted by Crippen LogP contribution is 2.33. The summed E-state index contributed by atoms with van der Waals surface area (Å²) < 4.78 is 6.06. The molecule has 1 aliphatic rings. The molecule has 1 heterocycles. The molecule has 1 saturated heterocycles. The van der Waals surface area contributed by atoms with E-state index in [1.807, 2.05) is 37.3 Å². The molecule has 3 N–H and O–H groups in total. The summed E-state index contributed by atoms with van der Waals surface area (Å²) in [5.74, 6) is -1.72. The number of phenolic OH excluding ortho intramolecular Hbond substituents is 1. The van der Waals surface area contributed by atoms with E-state index in [9.17, 15) is 14.7 Å². The fourth-order valence-electron chi connectivity index (χ4n) is 3.13. The molecule has 0 radical (unpaired) electrons. The van der Waals surface area contributed by atoms with E-state index in [0.717, 1.165) is 5.56 Å². The summed E-state index contributed by atoms with van der Waals surface area (Å²) in [7, 11) is 0. The van der Waals surface area contributed by atoms with Gasteiger partial charge in [0, 0.05) is 22.5 Å². The van der Waals surface area contributed by atoms with Crippen molar-refractivity contribution in [1.29, 1.82) is 0 Å². The van der Waals surface area contributed by atoms with Gasteiger partial charge in [-0.25, -0.2) is 5.43 Å². The molecule has 8 heteroatoms.